The summed E-state index contributed by atoms with van der Waals surface area (Å²) in [5.41, 5.74) is 0.372. The Morgan fingerprint density at radius 2 is 2.28 bits per heavy atom. The SMILES string of the molecule is CSC1=NC(=O)C(=Cc2cc(Br)c(F)cc2O)S1. The molecule has 1 amide bonds. The number of hydrogen-bond acceptors (Lipinski definition) is 4. The zero-order valence-corrected chi connectivity index (χ0v) is 12.3. The summed E-state index contributed by atoms with van der Waals surface area (Å²) in [6.07, 6.45) is 3.33. The van der Waals surface area contributed by atoms with Crippen molar-refractivity contribution in [2.45, 2.75) is 0 Å². The molecule has 0 aromatic heterocycles. The second-order valence-corrected chi connectivity index (χ2v) is 6.26. The van der Waals surface area contributed by atoms with E-state index in [0.717, 1.165) is 6.07 Å². The maximum Gasteiger partial charge on any atom is 0.285 e. The smallest absolute Gasteiger partial charge is 0.285 e. The second-order valence-electron chi connectivity index (χ2n) is 3.32. The Bertz CT molecular complexity index is 587. The molecule has 0 fully saturated rings. The van der Waals surface area contributed by atoms with E-state index in [0.29, 0.717) is 14.8 Å². The summed E-state index contributed by atoms with van der Waals surface area (Å²) in [4.78, 5) is 15.8. The molecular formula is C11H7BrFNO2S2. The number of carbonyl (C=O) groups excluding carboxylic acids is 1. The highest BCUT2D eigenvalue weighted by molar-refractivity contribution is 9.10. The lowest BCUT2D eigenvalue weighted by Gasteiger charge is -2.02. The van der Waals surface area contributed by atoms with Crippen molar-refractivity contribution in [3.63, 3.8) is 0 Å². The quantitative estimate of drug-likeness (QED) is 0.788. The lowest BCUT2D eigenvalue weighted by atomic mass is 10.2. The van der Waals surface area contributed by atoms with Gasteiger partial charge in [-0.2, -0.15) is 4.99 Å². The summed E-state index contributed by atoms with van der Waals surface area (Å²) >= 11 is 5.65. The molecule has 1 aliphatic heterocycles. The van der Waals surface area contributed by atoms with Crippen LogP contribution < -0.4 is 0 Å². The predicted molar refractivity (Wildman–Crippen MR) is 77.3 cm³/mol. The number of hydrogen-bond donors (Lipinski definition) is 1. The summed E-state index contributed by atoms with van der Waals surface area (Å²) in [5.74, 6) is -1.11. The van der Waals surface area contributed by atoms with Crippen LogP contribution in [0.1, 0.15) is 5.56 Å². The first kappa shape index (κ1) is 13.6. The number of aliphatic imine (C=N–C) groups is 1. The third kappa shape index (κ3) is 2.78. The van der Waals surface area contributed by atoms with Crippen LogP contribution in [0.3, 0.4) is 0 Å². The molecular weight excluding hydrogens is 341 g/mol. The number of amides is 1. The molecule has 0 aliphatic carbocycles. The van der Waals surface area contributed by atoms with Crippen LogP contribution in [0.5, 0.6) is 5.75 Å². The van der Waals surface area contributed by atoms with E-state index in [4.69, 9.17) is 0 Å². The fourth-order valence-corrected chi connectivity index (χ4v) is 3.06. The minimum atomic E-state index is -0.555. The molecule has 7 heteroatoms. The second kappa shape index (κ2) is 5.46. The molecule has 2 rings (SSSR count). The van der Waals surface area contributed by atoms with Crippen LogP contribution in [0.4, 0.5) is 4.39 Å². The normalized spacial score (nSPS) is 17.4. The lowest BCUT2D eigenvalue weighted by molar-refractivity contribution is -0.113. The Morgan fingerprint density at radius 3 is 2.89 bits per heavy atom. The van der Waals surface area contributed by atoms with Crippen LogP contribution in [-0.4, -0.2) is 21.6 Å². The van der Waals surface area contributed by atoms with Crippen LogP contribution in [0, 0.1) is 5.82 Å². The van der Waals surface area contributed by atoms with Gasteiger partial charge in [0.15, 0.2) is 0 Å². The van der Waals surface area contributed by atoms with Gasteiger partial charge in [-0.05, 0) is 34.3 Å². The first-order valence-electron chi connectivity index (χ1n) is 4.76. The van der Waals surface area contributed by atoms with Crippen LogP contribution >= 0.6 is 39.5 Å². The van der Waals surface area contributed by atoms with Crippen LogP contribution in [0.15, 0.2) is 26.5 Å². The van der Waals surface area contributed by atoms with Gasteiger partial charge in [0.25, 0.3) is 5.91 Å². The Kier molecular flexibility index (Phi) is 4.14. The molecule has 1 aromatic rings. The Balaban J connectivity index is 2.36. The van der Waals surface area contributed by atoms with E-state index < -0.39 is 5.82 Å². The van der Waals surface area contributed by atoms with Crippen molar-refractivity contribution in [1.82, 2.24) is 0 Å². The van der Waals surface area contributed by atoms with Gasteiger partial charge in [-0.3, -0.25) is 4.79 Å². The van der Waals surface area contributed by atoms with Crippen molar-refractivity contribution >= 4 is 55.8 Å². The first-order valence-corrected chi connectivity index (χ1v) is 7.59. The van der Waals surface area contributed by atoms with E-state index in [-0.39, 0.29) is 16.1 Å². The monoisotopic (exact) mass is 347 g/mol. The van der Waals surface area contributed by atoms with Gasteiger partial charge in [-0.15, -0.1) is 11.8 Å². The molecule has 94 valence electrons. The van der Waals surface area contributed by atoms with Crippen LogP contribution in [-0.2, 0) is 4.79 Å². The fraction of sp³-hybridized carbons (Fsp3) is 0.0909. The van der Waals surface area contributed by atoms with Crippen molar-refractivity contribution in [1.29, 1.82) is 0 Å². The number of phenolic OH excluding ortho intramolecular Hbond substituents is 1. The number of nitrogens with zero attached hydrogens (tertiary/aromatic N) is 1. The van der Waals surface area contributed by atoms with Gasteiger partial charge in [0.1, 0.15) is 15.9 Å². The molecule has 0 spiro atoms. The van der Waals surface area contributed by atoms with Crippen molar-refractivity contribution in [2.75, 3.05) is 6.26 Å². The topological polar surface area (TPSA) is 49.7 Å². The Morgan fingerprint density at radius 1 is 1.56 bits per heavy atom. The molecule has 1 N–H and O–H groups in total. The highest BCUT2D eigenvalue weighted by Gasteiger charge is 2.21. The average molecular weight is 348 g/mol. The lowest BCUT2D eigenvalue weighted by Crippen LogP contribution is -1.89. The molecule has 18 heavy (non-hydrogen) atoms. The molecule has 0 saturated carbocycles. The van der Waals surface area contributed by atoms with Crippen molar-refractivity contribution in [3.05, 3.63) is 32.9 Å². The summed E-state index contributed by atoms with van der Waals surface area (Å²) in [6, 6.07) is 2.42. The molecule has 0 bridgehead atoms. The number of halogens is 2. The summed E-state index contributed by atoms with van der Waals surface area (Å²) in [5, 5.41) is 9.62. The van der Waals surface area contributed by atoms with Gasteiger partial charge < -0.3 is 5.11 Å². The Hall–Kier alpha value is -0.790. The molecule has 1 aliphatic rings. The predicted octanol–water partition coefficient (Wildman–Crippen LogP) is 3.63. The van der Waals surface area contributed by atoms with Gasteiger partial charge in [-0.25, -0.2) is 4.39 Å². The molecule has 1 aromatic carbocycles. The molecule has 0 saturated heterocycles. The summed E-state index contributed by atoms with van der Waals surface area (Å²) in [6.45, 7) is 0. The molecule has 1 heterocycles. The average Bonchev–Trinajstić information content (AvgIpc) is 2.67. The highest BCUT2D eigenvalue weighted by Crippen LogP contribution is 2.35. The fourth-order valence-electron chi connectivity index (χ4n) is 1.29. The number of carbonyl (C=O) groups is 1. The van der Waals surface area contributed by atoms with E-state index in [9.17, 15) is 14.3 Å². The number of rotatable bonds is 1. The summed E-state index contributed by atoms with van der Waals surface area (Å²) < 4.78 is 14.0. The first-order chi connectivity index (χ1) is 8.51. The maximum atomic E-state index is 13.1. The van der Waals surface area contributed by atoms with E-state index >= 15 is 0 Å². The zero-order valence-electron chi connectivity index (χ0n) is 9.11. The number of phenols is 1. The molecule has 0 unspecified atom stereocenters. The van der Waals surface area contributed by atoms with Crippen LogP contribution in [0.25, 0.3) is 6.08 Å². The van der Waals surface area contributed by atoms with Gasteiger partial charge in [0.2, 0.25) is 0 Å². The minimum Gasteiger partial charge on any atom is -0.507 e. The number of thioether (sulfide) groups is 2. The third-order valence-corrected chi connectivity index (χ3v) is 4.71. The minimum absolute atomic E-state index is 0.214. The van der Waals surface area contributed by atoms with E-state index in [1.807, 2.05) is 6.26 Å². The van der Waals surface area contributed by atoms with Gasteiger partial charge in [0.05, 0.1) is 9.38 Å². The third-order valence-electron chi connectivity index (χ3n) is 2.13. The molecule has 3 nitrogen and oxygen atoms in total. The Labute approximate surface area is 120 Å². The van der Waals surface area contributed by atoms with Gasteiger partial charge in [0, 0.05) is 11.6 Å². The highest BCUT2D eigenvalue weighted by atomic mass is 79.9. The van der Waals surface area contributed by atoms with Gasteiger partial charge in [-0.1, -0.05) is 11.8 Å². The standard InChI is InChI=1S/C11H7BrFNO2S2/c1-17-11-14-10(16)9(18-11)3-5-2-6(12)7(13)4-8(5)15/h2-4,15H,1H3. The van der Waals surface area contributed by atoms with Crippen molar-refractivity contribution < 1.29 is 14.3 Å². The number of benzene rings is 1. The maximum absolute atomic E-state index is 13.1. The van der Waals surface area contributed by atoms with Crippen molar-refractivity contribution in [3.8, 4) is 5.75 Å². The van der Waals surface area contributed by atoms with Gasteiger partial charge >= 0.3 is 0 Å². The van der Waals surface area contributed by atoms with Crippen molar-refractivity contribution in [2.24, 2.45) is 4.99 Å². The van der Waals surface area contributed by atoms with Crippen LogP contribution in [0.2, 0.25) is 0 Å². The molecule has 0 atom stereocenters. The van der Waals surface area contributed by atoms with E-state index in [1.54, 1.807) is 0 Å². The van der Waals surface area contributed by atoms with E-state index in [1.165, 1.54) is 35.7 Å². The summed E-state index contributed by atoms with van der Waals surface area (Å²) in [7, 11) is 0. The molecule has 0 radical (unpaired) electrons. The zero-order chi connectivity index (χ0) is 13.3. The largest absolute Gasteiger partial charge is 0.507 e. The van der Waals surface area contributed by atoms with E-state index in [2.05, 4.69) is 20.9 Å². The number of aromatic hydroxyl groups is 1.